The largest absolute Gasteiger partial charge is 0.511 e. The van der Waals surface area contributed by atoms with E-state index in [-0.39, 0.29) is 34.5 Å². The monoisotopic (exact) mass is 372 g/mol. The van der Waals surface area contributed by atoms with E-state index in [9.17, 15) is 23.1 Å². The normalized spacial score (nSPS) is 22.4. The highest BCUT2D eigenvalue weighted by Gasteiger charge is 2.41. The maximum Gasteiger partial charge on any atom is 0.417 e. The van der Waals surface area contributed by atoms with Crippen molar-refractivity contribution in [2.75, 3.05) is 0 Å². The number of hydrogen-bond acceptors (Lipinski definition) is 2. The fourth-order valence-corrected chi connectivity index (χ4v) is 4.31. The third-order valence-electron chi connectivity index (χ3n) is 5.74. The van der Waals surface area contributed by atoms with Crippen LogP contribution in [0.15, 0.2) is 48.2 Å². The van der Waals surface area contributed by atoms with Gasteiger partial charge in [0.15, 0.2) is 5.78 Å². The van der Waals surface area contributed by atoms with Crippen LogP contribution < -0.4 is 0 Å². The number of ketones is 1. The average molecular weight is 372 g/mol. The minimum absolute atomic E-state index is 0.0202. The maximum absolute atomic E-state index is 13.4. The Balaban J connectivity index is 1.88. The molecule has 0 saturated heterocycles. The molecule has 4 rings (SSSR count). The number of aliphatic hydroxyl groups excluding tert-OH is 1. The second kappa shape index (κ2) is 6.25. The Morgan fingerprint density at radius 1 is 1.00 bits per heavy atom. The summed E-state index contributed by atoms with van der Waals surface area (Å²) in [5.74, 6) is -0.108. The second-order valence-corrected chi connectivity index (χ2v) is 7.40. The summed E-state index contributed by atoms with van der Waals surface area (Å²) in [6.45, 7) is 1.80. The molecule has 2 aromatic carbocycles. The van der Waals surface area contributed by atoms with Gasteiger partial charge in [-0.15, -0.1) is 0 Å². The summed E-state index contributed by atoms with van der Waals surface area (Å²) >= 11 is 0. The Morgan fingerprint density at radius 2 is 1.70 bits per heavy atom. The van der Waals surface area contributed by atoms with Crippen molar-refractivity contribution in [3.05, 3.63) is 64.9 Å². The van der Waals surface area contributed by atoms with E-state index in [2.05, 4.69) is 0 Å². The molecule has 0 aliphatic heterocycles. The van der Waals surface area contributed by atoms with Crippen molar-refractivity contribution in [1.29, 1.82) is 0 Å². The maximum atomic E-state index is 13.4. The number of allylic oxidation sites excluding steroid dienone is 2. The molecule has 2 aromatic rings. The van der Waals surface area contributed by atoms with Crippen molar-refractivity contribution in [2.45, 2.75) is 32.4 Å². The molecule has 0 radical (unpaired) electrons. The molecule has 1 N–H and O–H groups in total. The molecule has 0 spiro atoms. The zero-order valence-corrected chi connectivity index (χ0v) is 14.8. The van der Waals surface area contributed by atoms with Gasteiger partial charge in [0.2, 0.25) is 0 Å². The molecule has 1 fully saturated rings. The summed E-state index contributed by atoms with van der Waals surface area (Å²) in [5, 5.41) is 10.6. The predicted octanol–water partition coefficient (Wildman–Crippen LogP) is 5.95. The van der Waals surface area contributed by atoms with Crippen LogP contribution in [0.1, 0.15) is 36.0 Å². The van der Waals surface area contributed by atoms with Gasteiger partial charge >= 0.3 is 6.18 Å². The molecule has 2 unspecified atom stereocenters. The van der Waals surface area contributed by atoms with Gasteiger partial charge in [0.1, 0.15) is 5.76 Å². The molecule has 5 heteroatoms. The molecule has 2 aliphatic rings. The lowest BCUT2D eigenvalue weighted by molar-refractivity contribution is -0.137. The van der Waals surface area contributed by atoms with Gasteiger partial charge in [-0.25, -0.2) is 0 Å². The lowest BCUT2D eigenvalue weighted by Crippen LogP contribution is -2.21. The smallest absolute Gasteiger partial charge is 0.417 e. The lowest BCUT2D eigenvalue weighted by atomic mass is 9.81. The van der Waals surface area contributed by atoms with Crippen LogP contribution in [0.4, 0.5) is 13.2 Å². The van der Waals surface area contributed by atoms with E-state index >= 15 is 0 Å². The highest BCUT2D eigenvalue weighted by molar-refractivity contribution is 6.23. The Morgan fingerprint density at radius 3 is 2.44 bits per heavy atom. The van der Waals surface area contributed by atoms with Gasteiger partial charge in [-0.1, -0.05) is 30.3 Å². The SMILES string of the molecule is Cc1ccc(-c2ccccc2C(F)(F)F)cc1C1=C(O)C2CCC(C2)C1=O. The average Bonchev–Trinajstić information content (AvgIpc) is 3.08. The molecule has 1 saturated carbocycles. The molecular formula is C22H19F3O2. The Bertz CT molecular complexity index is 956. The number of carbonyl (C=O) groups is 1. The first-order chi connectivity index (χ1) is 12.8. The van der Waals surface area contributed by atoms with Crippen LogP contribution in [-0.4, -0.2) is 10.9 Å². The van der Waals surface area contributed by atoms with Crippen LogP contribution in [0, 0.1) is 18.8 Å². The number of benzene rings is 2. The Hall–Kier alpha value is -2.56. The number of carbonyl (C=O) groups excluding carboxylic acids is 1. The van der Waals surface area contributed by atoms with Gasteiger partial charge in [0.05, 0.1) is 11.1 Å². The quantitative estimate of drug-likeness (QED) is 0.707. The number of fused-ring (bicyclic) bond motifs is 2. The molecule has 2 aliphatic carbocycles. The standard InChI is InChI=1S/C22H19F3O2/c1-12-6-7-13(16-4-2-3-5-18(16)22(23,24)25)11-17(12)19-20(26)14-8-9-15(10-14)21(19)27/h2-7,11,14-15,26H,8-10H2,1H3. The van der Waals surface area contributed by atoms with Crippen LogP contribution in [0.2, 0.25) is 0 Å². The number of aryl methyl sites for hydroxylation is 1. The van der Waals surface area contributed by atoms with Crippen molar-refractivity contribution < 1.29 is 23.1 Å². The predicted molar refractivity (Wildman–Crippen MR) is 97.0 cm³/mol. The molecular weight excluding hydrogens is 353 g/mol. The summed E-state index contributed by atoms with van der Waals surface area (Å²) < 4.78 is 40.2. The van der Waals surface area contributed by atoms with Crippen LogP contribution in [0.5, 0.6) is 0 Å². The number of aliphatic hydroxyl groups is 1. The summed E-state index contributed by atoms with van der Waals surface area (Å²) in [4.78, 5) is 12.8. The first-order valence-electron chi connectivity index (χ1n) is 9.02. The van der Waals surface area contributed by atoms with Crippen molar-refractivity contribution in [1.82, 2.24) is 0 Å². The fourth-order valence-electron chi connectivity index (χ4n) is 4.31. The van der Waals surface area contributed by atoms with E-state index in [1.807, 2.05) is 0 Å². The van der Waals surface area contributed by atoms with Crippen molar-refractivity contribution in [3.8, 4) is 11.1 Å². The molecule has 0 heterocycles. The van der Waals surface area contributed by atoms with Crippen molar-refractivity contribution in [2.24, 2.45) is 11.8 Å². The Kier molecular flexibility index (Phi) is 4.13. The van der Waals surface area contributed by atoms with Gasteiger partial charge in [0.25, 0.3) is 0 Å². The van der Waals surface area contributed by atoms with Crippen LogP contribution in [0.3, 0.4) is 0 Å². The number of rotatable bonds is 2. The topological polar surface area (TPSA) is 37.3 Å². The number of halogens is 3. The van der Waals surface area contributed by atoms with Crippen molar-refractivity contribution >= 4 is 11.4 Å². The number of Topliss-reactive ketones (excluding diaryl/α,β-unsaturated/α-hetero) is 1. The lowest BCUT2D eigenvalue weighted by Gasteiger charge is -2.23. The summed E-state index contributed by atoms with van der Waals surface area (Å²) in [6.07, 6.45) is -2.26. The molecule has 27 heavy (non-hydrogen) atoms. The van der Waals surface area contributed by atoms with E-state index < -0.39 is 11.7 Å². The third kappa shape index (κ3) is 2.95. The van der Waals surface area contributed by atoms with E-state index in [0.717, 1.165) is 24.5 Å². The van der Waals surface area contributed by atoms with Crippen LogP contribution >= 0.6 is 0 Å². The van der Waals surface area contributed by atoms with Crippen LogP contribution in [-0.2, 0) is 11.0 Å². The first kappa shape index (κ1) is 17.8. The summed E-state index contributed by atoms with van der Waals surface area (Å²) in [6, 6.07) is 10.3. The zero-order chi connectivity index (χ0) is 19.3. The summed E-state index contributed by atoms with van der Waals surface area (Å²) in [5.41, 5.74) is 1.32. The van der Waals surface area contributed by atoms with Gasteiger partial charge in [0, 0.05) is 11.8 Å². The molecule has 2 nitrogen and oxygen atoms in total. The molecule has 140 valence electrons. The second-order valence-electron chi connectivity index (χ2n) is 7.40. The first-order valence-corrected chi connectivity index (χ1v) is 9.02. The summed E-state index contributed by atoms with van der Waals surface area (Å²) in [7, 11) is 0. The van der Waals surface area contributed by atoms with Crippen molar-refractivity contribution in [3.63, 3.8) is 0 Å². The minimum atomic E-state index is -4.47. The Labute approximate surface area is 155 Å². The van der Waals surface area contributed by atoms with Gasteiger partial charge in [-0.2, -0.15) is 13.2 Å². The van der Waals surface area contributed by atoms with Gasteiger partial charge in [-0.05, 0) is 60.6 Å². The third-order valence-corrected chi connectivity index (χ3v) is 5.74. The molecule has 2 atom stereocenters. The number of alkyl halides is 3. The molecule has 0 amide bonds. The minimum Gasteiger partial charge on any atom is -0.511 e. The van der Waals surface area contributed by atoms with Crippen LogP contribution in [0.25, 0.3) is 16.7 Å². The zero-order valence-electron chi connectivity index (χ0n) is 14.8. The molecule has 2 bridgehead atoms. The van der Waals surface area contributed by atoms with E-state index in [4.69, 9.17) is 0 Å². The van der Waals surface area contributed by atoms with E-state index in [0.29, 0.717) is 17.5 Å². The van der Waals surface area contributed by atoms with E-state index in [1.165, 1.54) is 12.1 Å². The van der Waals surface area contributed by atoms with E-state index in [1.54, 1.807) is 31.2 Å². The van der Waals surface area contributed by atoms with Gasteiger partial charge in [-0.3, -0.25) is 4.79 Å². The highest BCUT2D eigenvalue weighted by atomic mass is 19.4. The van der Waals surface area contributed by atoms with Gasteiger partial charge < -0.3 is 5.11 Å². The number of hydrogen-bond donors (Lipinski definition) is 1. The highest BCUT2D eigenvalue weighted by Crippen LogP contribution is 2.46. The molecule has 0 aromatic heterocycles. The fraction of sp³-hybridized carbons (Fsp3) is 0.318.